The zero-order valence-corrected chi connectivity index (χ0v) is 12.6. The second kappa shape index (κ2) is 5.26. The van der Waals surface area contributed by atoms with Gasteiger partial charge >= 0.3 is 0 Å². The van der Waals surface area contributed by atoms with Crippen molar-refractivity contribution in [1.29, 1.82) is 0 Å². The molecule has 2 heterocycles. The van der Waals surface area contributed by atoms with Gasteiger partial charge in [-0.3, -0.25) is 0 Å². The molecule has 0 bridgehead atoms. The van der Waals surface area contributed by atoms with E-state index in [0.29, 0.717) is 5.88 Å². The number of ether oxygens (including phenoxy) is 2. The first-order valence-electron chi connectivity index (χ1n) is 6.87. The van der Waals surface area contributed by atoms with Crippen LogP contribution in [0.3, 0.4) is 0 Å². The Morgan fingerprint density at radius 3 is 3.00 bits per heavy atom. The molecule has 20 heavy (non-hydrogen) atoms. The lowest BCUT2D eigenvalue weighted by atomic mass is 10.0. The number of aromatic nitrogens is 2. The minimum absolute atomic E-state index is 0.0370. The summed E-state index contributed by atoms with van der Waals surface area (Å²) in [6.45, 7) is 3.75. The Labute approximate surface area is 123 Å². The first-order valence-corrected chi connectivity index (χ1v) is 7.41. The van der Waals surface area contributed by atoms with Crippen LogP contribution in [0.4, 0.5) is 0 Å². The second-order valence-corrected chi connectivity index (χ2v) is 5.83. The summed E-state index contributed by atoms with van der Waals surface area (Å²) in [6, 6.07) is 6.02. The summed E-state index contributed by atoms with van der Waals surface area (Å²) in [7, 11) is 1.67. The Bertz CT molecular complexity index is 618. The molecule has 1 fully saturated rings. The molecule has 108 valence electrons. The highest BCUT2D eigenvalue weighted by molar-refractivity contribution is 6.17. The number of hydrogen-bond acceptors (Lipinski definition) is 3. The molecule has 0 radical (unpaired) electrons. The van der Waals surface area contributed by atoms with Crippen molar-refractivity contribution in [2.24, 2.45) is 0 Å². The van der Waals surface area contributed by atoms with Gasteiger partial charge in [-0.1, -0.05) is 0 Å². The Morgan fingerprint density at radius 1 is 1.50 bits per heavy atom. The van der Waals surface area contributed by atoms with E-state index in [1.807, 2.05) is 12.1 Å². The molecule has 1 unspecified atom stereocenters. The van der Waals surface area contributed by atoms with Crippen LogP contribution >= 0.6 is 11.6 Å². The molecule has 5 heteroatoms. The lowest BCUT2D eigenvalue weighted by Gasteiger charge is -2.27. The number of hydrogen-bond donors (Lipinski definition) is 0. The van der Waals surface area contributed by atoms with Crippen LogP contribution in [0.2, 0.25) is 0 Å². The fourth-order valence-corrected chi connectivity index (χ4v) is 3.09. The zero-order chi connectivity index (χ0) is 14.2. The molecular formula is C15H19ClN2O2. The number of rotatable bonds is 4. The van der Waals surface area contributed by atoms with Crippen LogP contribution in [0.5, 0.6) is 5.75 Å². The van der Waals surface area contributed by atoms with Crippen LogP contribution in [0.25, 0.3) is 11.0 Å². The van der Waals surface area contributed by atoms with Gasteiger partial charge in [-0.05, 0) is 25.5 Å². The molecular weight excluding hydrogens is 276 g/mol. The maximum Gasteiger partial charge on any atom is 0.121 e. The summed E-state index contributed by atoms with van der Waals surface area (Å²) in [5.74, 6) is 2.42. The van der Waals surface area contributed by atoms with Gasteiger partial charge in [0, 0.05) is 25.0 Å². The van der Waals surface area contributed by atoms with Gasteiger partial charge in [-0.15, -0.1) is 11.6 Å². The topological polar surface area (TPSA) is 36.3 Å². The second-order valence-electron chi connectivity index (χ2n) is 5.46. The van der Waals surface area contributed by atoms with Gasteiger partial charge in [-0.2, -0.15) is 0 Å². The first-order chi connectivity index (χ1) is 9.68. The van der Waals surface area contributed by atoms with E-state index in [4.69, 9.17) is 26.1 Å². The maximum absolute atomic E-state index is 5.94. The maximum atomic E-state index is 5.94. The zero-order valence-electron chi connectivity index (χ0n) is 11.9. The Kier molecular flexibility index (Phi) is 3.61. The molecule has 1 aromatic carbocycles. The van der Waals surface area contributed by atoms with Gasteiger partial charge < -0.3 is 14.0 Å². The standard InChI is InChI=1S/C15H19ClN2O2/c1-15(6-8-20-10-15)18-13-4-3-11(19-2)9-12(13)17-14(18)5-7-16/h3-4,9H,5-8,10H2,1-2H3. The molecule has 1 atom stereocenters. The van der Waals surface area contributed by atoms with Crippen molar-refractivity contribution in [2.45, 2.75) is 25.3 Å². The fraction of sp³-hybridized carbons (Fsp3) is 0.533. The summed E-state index contributed by atoms with van der Waals surface area (Å²) in [5.41, 5.74) is 2.04. The summed E-state index contributed by atoms with van der Waals surface area (Å²) in [6.07, 6.45) is 1.76. The van der Waals surface area contributed by atoms with E-state index in [0.717, 1.165) is 48.7 Å². The third-order valence-electron chi connectivity index (χ3n) is 3.99. The Morgan fingerprint density at radius 2 is 2.35 bits per heavy atom. The van der Waals surface area contributed by atoms with Crippen molar-refractivity contribution < 1.29 is 9.47 Å². The van der Waals surface area contributed by atoms with E-state index in [-0.39, 0.29) is 5.54 Å². The number of nitrogens with zero attached hydrogens (tertiary/aromatic N) is 2. The smallest absolute Gasteiger partial charge is 0.121 e. The number of aryl methyl sites for hydroxylation is 1. The average molecular weight is 295 g/mol. The van der Waals surface area contributed by atoms with E-state index < -0.39 is 0 Å². The van der Waals surface area contributed by atoms with Crippen molar-refractivity contribution in [2.75, 3.05) is 26.2 Å². The van der Waals surface area contributed by atoms with Crippen LogP contribution < -0.4 is 4.74 Å². The lowest BCUT2D eigenvalue weighted by Crippen LogP contribution is -2.32. The summed E-state index contributed by atoms with van der Waals surface area (Å²) >= 11 is 5.94. The molecule has 0 N–H and O–H groups in total. The van der Waals surface area contributed by atoms with Crippen molar-refractivity contribution in [1.82, 2.24) is 9.55 Å². The van der Waals surface area contributed by atoms with Crippen LogP contribution in [0.15, 0.2) is 18.2 Å². The van der Waals surface area contributed by atoms with E-state index >= 15 is 0 Å². The van der Waals surface area contributed by atoms with Gasteiger partial charge in [0.05, 0.1) is 30.3 Å². The van der Waals surface area contributed by atoms with Crippen molar-refractivity contribution in [3.05, 3.63) is 24.0 Å². The van der Waals surface area contributed by atoms with Gasteiger partial charge in [0.1, 0.15) is 11.6 Å². The third-order valence-corrected chi connectivity index (χ3v) is 4.18. The molecule has 0 spiro atoms. The van der Waals surface area contributed by atoms with Crippen LogP contribution in [0, 0.1) is 0 Å². The van der Waals surface area contributed by atoms with E-state index in [1.165, 1.54) is 0 Å². The van der Waals surface area contributed by atoms with Gasteiger partial charge in [0.2, 0.25) is 0 Å². The Balaban J connectivity index is 2.18. The normalized spacial score (nSPS) is 22.6. The largest absolute Gasteiger partial charge is 0.497 e. The predicted molar refractivity (Wildman–Crippen MR) is 79.8 cm³/mol. The predicted octanol–water partition coefficient (Wildman–Crippen LogP) is 2.96. The molecule has 3 rings (SSSR count). The van der Waals surface area contributed by atoms with Gasteiger partial charge in [-0.25, -0.2) is 4.98 Å². The summed E-state index contributed by atoms with van der Waals surface area (Å²) in [5, 5.41) is 0. The monoisotopic (exact) mass is 294 g/mol. The number of fused-ring (bicyclic) bond motifs is 1. The first kappa shape index (κ1) is 13.7. The lowest BCUT2D eigenvalue weighted by molar-refractivity contribution is 0.162. The number of methoxy groups -OCH3 is 1. The highest BCUT2D eigenvalue weighted by atomic mass is 35.5. The molecule has 4 nitrogen and oxygen atoms in total. The molecule has 2 aromatic rings. The quantitative estimate of drug-likeness (QED) is 0.814. The van der Waals surface area contributed by atoms with Crippen molar-refractivity contribution >= 4 is 22.6 Å². The summed E-state index contributed by atoms with van der Waals surface area (Å²) in [4.78, 5) is 4.74. The van der Waals surface area contributed by atoms with E-state index in [9.17, 15) is 0 Å². The molecule has 1 aliphatic heterocycles. The third kappa shape index (κ3) is 2.17. The van der Waals surface area contributed by atoms with Crippen molar-refractivity contribution in [3.63, 3.8) is 0 Å². The van der Waals surface area contributed by atoms with Gasteiger partial charge in [0.25, 0.3) is 0 Å². The fourth-order valence-electron chi connectivity index (χ4n) is 2.92. The van der Waals surface area contributed by atoms with E-state index in [2.05, 4.69) is 17.6 Å². The molecule has 1 aliphatic rings. The highest BCUT2D eigenvalue weighted by Crippen LogP contribution is 2.33. The van der Waals surface area contributed by atoms with Gasteiger partial charge in [0.15, 0.2) is 0 Å². The SMILES string of the molecule is COc1ccc2c(c1)nc(CCCl)n2C1(C)CCOC1. The minimum Gasteiger partial charge on any atom is -0.497 e. The molecule has 0 aliphatic carbocycles. The highest BCUT2D eigenvalue weighted by Gasteiger charge is 2.34. The minimum atomic E-state index is -0.0370. The van der Waals surface area contributed by atoms with Crippen molar-refractivity contribution in [3.8, 4) is 5.75 Å². The molecule has 0 amide bonds. The number of imidazole rings is 1. The number of benzene rings is 1. The molecule has 1 aromatic heterocycles. The molecule has 1 saturated heterocycles. The van der Waals surface area contributed by atoms with Crippen LogP contribution in [-0.2, 0) is 16.7 Å². The molecule has 0 saturated carbocycles. The van der Waals surface area contributed by atoms with Crippen LogP contribution in [-0.4, -0.2) is 35.8 Å². The van der Waals surface area contributed by atoms with E-state index in [1.54, 1.807) is 7.11 Å². The summed E-state index contributed by atoms with van der Waals surface area (Å²) < 4.78 is 13.2. The Hall–Kier alpha value is -1.26. The van der Waals surface area contributed by atoms with Crippen LogP contribution in [0.1, 0.15) is 19.2 Å². The average Bonchev–Trinajstić information content (AvgIpc) is 3.02. The number of halogens is 1. The number of alkyl halides is 1.